The van der Waals surface area contributed by atoms with Crippen LogP contribution in [0.4, 0.5) is 0 Å². The second-order valence-electron chi connectivity index (χ2n) is 2.03. The van der Waals surface area contributed by atoms with Gasteiger partial charge < -0.3 is 10.6 Å². The lowest BCUT2D eigenvalue weighted by molar-refractivity contribution is 0.186. The maximum absolute atomic E-state index is 5.76. The van der Waals surface area contributed by atoms with E-state index in [1.54, 1.807) is 6.08 Å². The number of rotatable bonds is 1. The summed E-state index contributed by atoms with van der Waals surface area (Å²) in [6.45, 7) is 1.82. The Morgan fingerprint density at radius 1 is 1.73 bits per heavy atom. The maximum atomic E-state index is 5.76. The van der Waals surface area contributed by atoms with Crippen LogP contribution in [0.15, 0.2) is 33.4 Å². The van der Waals surface area contributed by atoms with Gasteiger partial charge in [-0.15, -0.1) is 5.11 Å². The van der Waals surface area contributed by atoms with Gasteiger partial charge in [0.15, 0.2) is 0 Å². The topological polar surface area (TPSA) is 60.0 Å². The van der Waals surface area contributed by atoms with Gasteiger partial charge >= 0.3 is 0 Å². The Kier molecular flexibility index (Phi) is 2.48. The first kappa shape index (κ1) is 8.07. The molecule has 0 saturated heterocycles. The van der Waals surface area contributed by atoms with Crippen LogP contribution in [-0.2, 0) is 4.74 Å². The van der Waals surface area contributed by atoms with E-state index in [2.05, 4.69) is 10.3 Å². The highest BCUT2D eigenvalue weighted by atomic mass is 35.5. The molecule has 11 heavy (non-hydrogen) atoms. The average Bonchev–Trinajstić information content (AvgIpc) is 1.97. The van der Waals surface area contributed by atoms with Gasteiger partial charge in [0.2, 0.25) is 0 Å². The highest BCUT2D eigenvalue weighted by Gasteiger charge is 2.15. The van der Waals surface area contributed by atoms with Crippen molar-refractivity contribution in [2.45, 2.75) is 13.0 Å². The van der Waals surface area contributed by atoms with Crippen LogP contribution in [0, 0.1) is 0 Å². The van der Waals surface area contributed by atoms with E-state index in [4.69, 9.17) is 22.2 Å². The molecule has 0 aromatic carbocycles. The molecule has 1 aliphatic heterocycles. The number of ether oxygens (including phenoxy) is 1. The summed E-state index contributed by atoms with van der Waals surface area (Å²) in [4.78, 5) is 0. The van der Waals surface area contributed by atoms with E-state index >= 15 is 0 Å². The molecule has 5 heteroatoms. The van der Waals surface area contributed by atoms with Gasteiger partial charge in [0.1, 0.15) is 11.8 Å². The molecule has 60 valence electrons. The Bertz CT molecular complexity index is 234. The average molecular weight is 174 g/mol. The minimum atomic E-state index is -0.181. The minimum absolute atomic E-state index is 0.181. The van der Waals surface area contributed by atoms with Gasteiger partial charge in [-0.25, -0.2) is 0 Å². The Morgan fingerprint density at radius 3 is 3.00 bits per heavy atom. The first-order valence-electron chi connectivity index (χ1n) is 3.08. The van der Waals surface area contributed by atoms with Crippen molar-refractivity contribution < 1.29 is 4.74 Å². The molecule has 1 heterocycles. The molecule has 1 atom stereocenters. The second-order valence-corrected chi connectivity index (χ2v) is 2.44. The predicted molar refractivity (Wildman–Crippen MR) is 41.6 cm³/mol. The van der Waals surface area contributed by atoms with Gasteiger partial charge in [-0.1, -0.05) is 16.8 Å². The van der Waals surface area contributed by atoms with Crippen LogP contribution in [0.1, 0.15) is 6.92 Å². The van der Waals surface area contributed by atoms with E-state index in [1.807, 2.05) is 6.92 Å². The Hall–Kier alpha value is -1.03. The van der Waals surface area contributed by atoms with Crippen LogP contribution in [0.3, 0.4) is 0 Å². The maximum Gasteiger partial charge on any atom is 0.140 e. The molecule has 0 radical (unpaired) electrons. The van der Waals surface area contributed by atoms with E-state index < -0.39 is 0 Å². The van der Waals surface area contributed by atoms with Gasteiger partial charge in [0.05, 0.1) is 11.3 Å². The summed E-state index contributed by atoms with van der Waals surface area (Å²) in [6.07, 6.45) is 2.94. The number of nitrogens with zero attached hydrogens (tertiary/aromatic N) is 2. The lowest BCUT2D eigenvalue weighted by Crippen LogP contribution is -2.10. The van der Waals surface area contributed by atoms with E-state index in [9.17, 15) is 0 Å². The normalized spacial score (nSPS) is 24.4. The van der Waals surface area contributed by atoms with E-state index in [0.717, 1.165) is 0 Å². The summed E-state index contributed by atoms with van der Waals surface area (Å²) in [5.41, 5.74) is 0.552. The number of halogens is 1. The smallest absolute Gasteiger partial charge is 0.140 e. The summed E-state index contributed by atoms with van der Waals surface area (Å²) < 4.78 is 5.08. The monoisotopic (exact) mass is 173 g/mol. The van der Waals surface area contributed by atoms with Crippen molar-refractivity contribution in [1.29, 1.82) is 0 Å². The molecular weight excluding hydrogens is 166 g/mol. The fraction of sp³-hybridized carbons (Fsp3) is 0.333. The largest absolute Gasteiger partial charge is 0.492 e. The quantitative estimate of drug-likeness (QED) is 0.373. The van der Waals surface area contributed by atoms with Gasteiger partial charge in [-0.2, -0.15) is 0 Å². The predicted octanol–water partition coefficient (Wildman–Crippen LogP) is 1.70. The molecule has 0 amide bonds. The molecule has 0 saturated carbocycles. The fourth-order valence-electron chi connectivity index (χ4n) is 0.752. The molecular formula is C6H8ClN3O. The standard InChI is InChI=1S/C6H8ClN3O/c1-4-6(9-10-8)5(7)2-3-11-4/h2-4H,1H3,(H2,8,9). The van der Waals surface area contributed by atoms with Gasteiger partial charge in [-0.05, 0) is 13.0 Å². The number of hydrogen-bond donors (Lipinski definition) is 1. The molecule has 4 nitrogen and oxygen atoms in total. The molecule has 2 N–H and O–H groups in total. The SMILES string of the molecule is CC1OC=CC(Cl)=C1N=NN. The van der Waals surface area contributed by atoms with Gasteiger partial charge in [-0.3, -0.25) is 0 Å². The van der Waals surface area contributed by atoms with Crippen molar-refractivity contribution in [3.63, 3.8) is 0 Å². The first-order chi connectivity index (χ1) is 5.25. The summed E-state index contributed by atoms with van der Waals surface area (Å²) in [5.74, 6) is 4.87. The third-order valence-electron chi connectivity index (χ3n) is 1.29. The molecule has 1 unspecified atom stereocenters. The van der Waals surface area contributed by atoms with E-state index in [-0.39, 0.29) is 6.10 Å². The Labute approximate surface area is 69.4 Å². The highest BCUT2D eigenvalue weighted by molar-refractivity contribution is 6.31. The van der Waals surface area contributed by atoms with Crippen molar-refractivity contribution in [3.8, 4) is 0 Å². The summed E-state index contributed by atoms with van der Waals surface area (Å²) >= 11 is 5.76. The second kappa shape index (κ2) is 3.39. The zero-order valence-electron chi connectivity index (χ0n) is 5.99. The van der Waals surface area contributed by atoms with Crippen molar-refractivity contribution in [2.75, 3.05) is 0 Å². The third-order valence-corrected chi connectivity index (χ3v) is 1.61. The van der Waals surface area contributed by atoms with Crippen molar-refractivity contribution >= 4 is 11.6 Å². The number of nitrogens with two attached hydrogens (primary N) is 1. The van der Waals surface area contributed by atoms with Crippen LogP contribution in [0.25, 0.3) is 0 Å². The number of allylic oxidation sites excluding steroid dienone is 2. The zero-order chi connectivity index (χ0) is 8.27. The lowest BCUT2D eigenvalue weighted by atomic mass is 10.2. The summed E-state index contributed by atoms with van der Waals surface area (Å²) in [7, 11) is 0. The Balaban J connectivity index is 2.91. The van der Waals surface area contributed by atoms with Crippen molar-refractivity contribution in [1.82, 2.24) is 0 Å². The molecule has 0 fully saturated rings. The third kappa shape index (κ3) is 1.71. The van der Waals surface area contributed by atoms with Crippen LogP contribution < -0.4 is 5.84 Å². The zero-order valence-corrected chi connectivity index (χ0v) is 6.75. The van der Waals surface area contributed by atoms with Crippen LogP contribution in [0.2, 0.25) is 0 Å². The van der Waals surface area contributed by atoms with Crippen molar-refractivity contribution in [3.05, 3.63) is 23.1 Å². The molecule has 0 bridgehead atoms. The number of hydrogen-bond acceptors (Lipinski definition) is 3. The molecule has 0 aromatic heterocycles. The van der Waals surface area contributed by atoms with Crippen LogP contribution >= 0.6 is 11.6 Å². The molecule has 1 aliphatic rings. The summed E-state index contributed by atoms with van der Waals surface area (Å²) in [6, 6.07) is 0. The molecule has 0 aromatic rings. The van der Waals surface area contributed by atoms with Crippen LogP contribution in [-0.4, -0.2) is 6.10 Å². The Morgan fingerprint density at radius 2 is 2.45 bits per heavy atom. The van der Waals surface area contributed by atoms with Crippen LogP contribution in [0.5, 0.6) is 0 Å². The van der Waals surface area contributed by atoms with Crippen molar-refractivity contribution in [2.24, 2.45) is 16.2 Å². The fourth-order valence-corrected chi connectivity index (χ4v) is 0.995. The summed E-state index contributed by atoms with van der Waals surface area (Å²) in [5, 5.41) is 7.26. The van der Waals surface area contributed by atoms with Gasteiger partial charge in [0, 0.05) is 0 Å². The molecule has 0 aliphatic carbocycles. The molecule has 1 rings (SSSR count). The minimum Gasteiger partial charge on any atom is -0.492 e. The van der Waals surface area contributed by atoms with E-state index in [0.29, 0.717) is 10.7 Å². The first-order valence-corrected chi connectivity index (χ1v) is 3.46. The van der Waals surface area contributed by atoms with E-state index in [1.165, 1.54) is 6.26 Å². The van der Waals surface area contributed by atoms with Gasteiger partial charge in [0.25, 0.3) is 0 Å². The lowest BCUT2D eigenvalue weighted by Gasteiger charge is -2.15. The molecule has 0 spiro atoms. The highest BCUT2D eigenvalue weighted by Crippen LogP contribution is 2.22.